The van der Waals surface area contributed by atoms with Crippen LogP contribution in [0.3, 0.4) is 0 Å². The fourth-order valence-corrected chi connectivity index (χ4v) is 7.81. The molecule has 1 aromatic carbocycles. The number of aromatic hydroxyl groups is 2. The van der Waals surface area contributed by atoms with E-state index in [1.807, 2.05) is 0 Å². The van der Waals surface area contributed by atoms with Gasteiger partial charge in [-0.15, -0.1) is 11.3 Å². The number of phenolic OH excluding ortho intramolecular Hbond substituents is 2. The summed E-state index contributed by atoms with van der Waals surface area (Å²) in [5, 5.41) is 42.9. The van der Waals surface area contributed by atoms with Crippen molar-refractivity contribution >= 4 is 86.8 Å². The summed E-state index contributed by atoms with van der Waals surface area (Å²) in [4.78, 5) is 100. The van der Waals surface area contributed by atoms with E-state index < -0.39 is 110 Å². The number of carboxylic acids is 2. The van der Waals surface area contributed by atoms with Gasteiger partial charge in [0.15, 0.2) is 28.1 Å². The quantitative estimate of drug-likeness (QED) is 0.0514. The molecule has 5 rings (SSSR count). The van der Waals surface area contributed by atoms with Crippen LogP contribution in [0.4, 0.5) is 5.13 Å². The average molecular weight is 739 g/mol. The minimum absolute atomic E-state index is 0.0164. The highest BCUT2D eigenvalue weighted by molar-refractivity contribution is 8.02. The number of β-lactam (4-membered cyclic amide) rings is 1. The lowest BCUT2D eigenvalue weighted by Gasteiger charge is -2.41. The number of piperazine rings is 1. The van der Waals surface area contributed by atoms with Gasteiger partial charge in [0.25, 0.3) is 11.7 Å². The maximum atomic E-state index is 13.4. The van der Waals surface area contributed by atoms with Gasteiger partial charge in [-0.2, -0.15) is 0 Å². The molecular weight excluding hydrogens is 712 g/mol. The lowest BCUT2D eigenvalue weighted by atomic mass is 9.90. The number of amides is 3. The number of nitrogens with zero attached hydrogens (tertiary/aromatic N) is 5. The van der Waals surface area contributed by atoms with Crippen molar-refractivity contribution < 1.29 is 58.8 Å². The van der Waals surface area contributed by atoms with Crippen LogP contribution in [0, 0.1) is 5.92 Å². The fourth-order valence-electron chi connectivity index (χ4n) is 5.30. The lowest BCUT2D eigenvalue weighted by molar-refractivity contribution is -0.161. The Hall–Kier alpha value is -4.95. The summed E-state index contributed by atoms with van der Waals surface area (Å²) in [6, 6.07) is 1.98. The third kappa shape index (κ3) is 6.21. The van der Waals surface area contributed by atoms with Crippen LogP contribution in [0.25, 0.3) is 0 Å². The molecule has 18 nitrogen and oxygen atoms in total. The molecule has 3 aliphatic rings. The number of carboxylic acid groups (broad SMARTS) is 2. The van der Waals surface area contributed by atoms with E-state index in [0.29, 0.717) is 0 Å². The number of benzene rings is 1. The van der Waals surface area contributed by atoms with E-state index in [0.717, 1.165) is 45.0 Å². The zero-order chi connectivity index (χ0) is 36.2. The number of aliphatic carboxylic acids is 2. The highest BCUT2D eigenvalue weighted by Crippen LogP contribution is 2.52. The third-order valence-corrected chi connectivity index (χ3v) is 10.9. The molecule has 3 saturated heterocycles. The van der Waals surface area contributed by atoms with Crippen LogP contribution >= 0.6 is 34.7 Å². The Bertz CT molecular complexity index is 1850. The summed E-state index contributed by atoms with van der Waals surface area (Å²) >= 11 is 7.66. The molecule has 3 aliphatic heterocycles. The van der Waals surface area contributed by atoms with E-state index in [4.69, 9.17) is 22.2 Å². The van der Waals surface area contributed by atoms with E-state index >= 15 is 0 Å². The van der Waals surface area contributed by atoms with E-state index in [1.165, 1.54) is 24.1 Å². The van der Waals surface area contributed by atoms with Gasteiger partial charge < -0.3 is 45.7 Å². The number of hydrogen-bond donors (Lipinski definition) is 5. The topological polar surface area (TPSA) is 271 Å². The summed E-state index contributed by atoms with van der Waals surface area (Å²) in [5.41, 5.74) is 3.04. The molecule has 0 aliphatic carbocycles. The van der Waals surface area contributed by atoms with Crippen LogP contribution < -0.4 is 5.73 Å². The minimum atomic E-state index is -1.99. The Kier molecular flexibility index (Phi) is 9.25. The highest BCUT2D eigenvalue weighted by Gasteiger charge is 2.65. The molecular formula is C28H27ClN6O12S2. The number of nitrogen functional groups attached to an aromatic ring is 1. The standard InChI is InChI=1S/C28H27ClN6O12S2/c1-27(2,24(43)44)47-32-18(13-9-48-26(30)31-13)15(37)7-12-21(41)34-10-28(25(45)46,49-23(12)34)35-6-5-33(8-16(35)38)22(42)19(39)11-3-4-14(36)20(40)17(11)29/h3-4,9,12,23,36,40H,5-8,10H2,1-2H3,(H2,30,31)(H,43,44)(H,45,46)/b32-18-/t12?,23-,28-/m1/s1. The van der Waals surface area contributed by atoms with Gasteiger partial charge in [-0.1, -0.05) is 28.5 Å². The summed E-state index contributed by atoms with van der Waals surface area (Å²) in [6.45, 7) is 0.694. The van der Waals surface area contributed by atoms with Gasteiger partial charge in [0.05, 0.1) is 28.4 Å². The van der Waals surface area contributed by atoms with Crippen LogP contribution in [-0.2, 0) is 33.6 Å². The molecule has 1 unspecified atom stereocenters. The zero-order valence-corrected chi connectivity index (χ0v) is 27.9. The molecule has 3 amide bonds. The molecule has 0 spiro atoms. The molecule has 6 N–H and O–H groups in total. The fraction of sp³-hybridized carbons (Fsp3) is 0.393. The largest absolute Gasteiger partial charge is 0.504 e. The number of phenols is 2. The second-order valence-corrected chi connectivity index (χ2v) is 14.3. The van der Waals surface area contributed by atoms with Crippen molar-refractivity contribution in [3.63, 3.8) is 0 Å². The lowest BCUT2D eigenvalue weighted by Crippen LogP contribution is -2.64. The van der Waals surface area contributed by atoms with E-state index in [1.54, 1.807) is 0 Å². The van der Waals surface area contributed by atoms with Crippen molar-refractivity contribution in [1.82, 2.24) is 19.7 Å². The summed E-state index contributed by atoms with van der Waals surface area (Å²) in [7, 11) is 0. The smallest absolute Gasteiger partial charge is 0.350 e. The number of halogens is 1. The van der Waals surface area contributed by atoms with Gasteiger partial charge in [0.1, 0.15) is 12.2 Å². The van der Waals surface area contributed by atoms with E-state index in [-0.39, 0.29) is 23.9 Å². The molecule has 260 valence electrons. The number of ketones is 2. The number of carbonyl (C=O) groups excluding carboxylic acids is 5. The van der Waals surface area contributed by atoms with Crippen molar-refractivity contribution in [3.05, 3.63) is 33.8 Å². The van der Waals surface area contributed by atoms with Crippen molar-refractivity contribution in [2.45, 2.75) is 36.1 Å². The molecule has 1 aromatic heterocycles. The molecule has 49 heavy (non-hydrogen) atoms. The predicted octanol–water partition coefficient (Wildman–Crippen LogP) is 0.199. The van der Waals surface area contributed by atoms with Crippen LogP contribution in [0.15, 0.2) is 22.7 Å². The first-order chi connectivity index (χ1) is 22.9. The van der Waals surface area contributed by atoms with Crippen LogP contribution in [0.1, 0.15) is 36.3 Å². The number of anilines is 1. The van der Waals surface area contributed by atoms with Gasteiger partial charge in [0, 0.05) is 24.9 Å². The van der Waals surface area contributed by atoms with E-state index in [9.17, 15) is 54.0 Å². The molecule has 4 heterocycles. The highest BCUT2D eigenvalue weighted by atomic mass is 35.5. The number of fused-ring (bicyclic) bond motifs is 1. The van der Waals surface area contributed by atoms with Crippen molar-refractivity contribution in [3.8, 4) is 11.5 Å². The Morgan fingerprint density at radius 1 is 1.16 bits per heavy atom. The maximum Gasteiger partial charge on any atom is 0.350 e. The van der Waals surface area contributed by atoms with Crippen molar-refractivity contribution in [2.75, 3.05) is 31.9 Å². The van der Waals surface area contributed by atoms with Crippen molar-refractivity contribution in [1.29, 1.82) is 0 Å². The number of oxime groups is 1. The Labute approximate surface area is 289 Å². The maximum absolute atomic E-state index is 13.4. The number of hydrogen-bond acceptors (Lipinski definition) is 15. The number of nitrogens with two attached hydrogens (primary N) is 1. The molecule has 0 saturated carbocycles. The molecule has 21 heteroatoms. The van der Waals surface area contributed by atoms with E-state index in [2.05, 4.69) is 10.1 Å². The number of rotatable bonds is 11. The first kappa shape index (κ1) is 35.4. The molecule has 0 bridgehead atoms. The second kappa shape index (κ2) is 12.8. The molecule has 0 radical (unpaired) electrons. The monoisotopic (exact) mass is 738 g/mol. The Morgan fingerprint density at radius 3 is 2.45 bits per heavy atom. The van der Waals surface area contributed by atoms with Gasteiger partial charge >= 0.3 is 11.9 Å². The number of aromatic nitrogens is 1. The zero-order valence-electron chi connectivity index (χ0n) is 25.5. The molecule has 2 aromatic rings. The first-order valence-corrected chi connectivity index (χ1v) is 16.3. The van der Waals surface area contributed by atoms with Crippen molar-refractivity contribution in [2.24, 2.45) is 11.1 Å². The molecule has 3 fully saturated rings. The minimum Gasteiger partial charge on any atom is -0.504 e. The molecule has 3 atom stereocenters. The second-order valence-electron chi connectivity index (χ2n) is 11.6. The Balaban J connectivity index is 1.30. The van der Waals surface area contributed by atoms with Gasteiger partial charge in [-0.25, -0.2) is 14.6 Å². The number of thiazole rings is 1. The number of Topliss-reactive ketones (excluding diaryl/α,β-unsaturated/α-hetero) is 2. The van der Waals surface area contributed by atoms with Gasteiger partial charge in [-0.3, -0.25) is 24.0 Å². The number of thioether (sulfide) groups is 1. The van der Waals surface area contributed by atoms with Gasteiger partial charge in [0.2, 0.25) is 22.3 Å². The van der Waals surface area contributed by atoms with Crippen LogP contribution in [0.2, 0.25) is 5.02 Å². The Morgan fingerprint density at radius 2 is 1.86 bits per heavy atom. The normalized spacial score (nSPS) is 22.4. The summed E-state index contributed by atoms with van der Waals surface area (Å²) in [5.74, 6) is -9.79. The summed E-state index contributed by atoms with van der Waals surface area (Å²) in [6.07, 6.45) is -0.483. The van der Waals surface area contributed by atoms with Gasteiger partial charge in [-0.05, 0) is 26.0 Å². The predicted molar refractivity (Wildman–Crippen MR) is 170 cm³/mol. The number of carbonyl (C=O) groups is 7. The van der Waals surface area contributed by atoms with Crippen LogP contribution in [-0.4, -0.2) is 129 Å². The average Bonchev–Trinajstić information content (AvgIpc) is 3.64. The first-order valence-electron chi connectivity index (χ1n) is 14.2. The summed E-state index contributed by atoms with van der Waals surface area (Å²) < 4.78 is 0. The SMILES string of the molecule is CC(C)(O/N=C(\C(=O)CC1C(=O)N2C[C@@](C(=O)O)(N3CCN(C(=O)C(=O)c4ccc(O)c(O)c4Cl)CC3=O)S[C@H]12)c1csc(N)n1)C(=O)O. The van der Waals surface area contributed by atoms with Crippen LogP contribution in [0.5, 0.6) is 11.5 Å². The third-order valence-electron chi connectivity index (χ3n) is 8.08.